The summed E-state index contributed by atoms with van der Waals surface area (Å²) in [6.07, 6.45) is 1.32. The molecule has 0 fully saturated rings. The average Bonchev–Trinajstić information content (AvgIpc) is 2.97. The Kier molecular flexibility index (Phi) is 11.3. The van der Waals surface area contributed by atoms with E-state index in [1.807, 2.05) is 0 Å². The molecular formula is C29H29FN4O7. The molecular weight excluding hydrogens is 535 g/mol. The molecule has 0 saturated heterocycles. The lowest BCUT2D eigenvalue weighted by molar-refractivity contribution is -0.121. The second-order valence-corrected chi connectivity index (χ2v) is 8.32. The van der Waals surface area contributed by atoms with Crippen molar-refractivity contribution in [1.82, 2.24) is 10.7 Å². The van der Waals surface area contributed by atoms with Crippen molar-refractivity contribution in [3.63, 3.8) is 0 Å². The fourth-order valence-electron chi connectivity index (χ4n) is 3.39. The standard InChI is InChI=1S/C29H29FN4O7/c1-3-40-29(38)20-9-11-21(12-10-20)33-27(36)18-41-24-13-8-19(16-25(24)39-2)17-32-34-26(35)14-15-31-28(37)22-6-4-5-7-23(22)30/h4-13,16-17H,3,14-15,18H2,1-2H3,(H,31,37)(H,33,36)(H,34,35). The van der Waals surface area contributed by atoms with E-state index in [2.05, 4.69) is 21.2 Å². The number of nitrogens with one attached hydrogen (secondary N) is 3. The lowest BCUT2D eigenvalue weighted by atomic mass is 10.2. The Labute approximate surface area is 235 Å². The normalized spacial score (nSPS) is 10.5. The summed E-state index contributed by atoms with van der Waals surface area (Å²) in [5.74, 6) is -1.93. The fourth-order valence-corrected chi connectivity index (χ4v) is 3.39. The summed E-state index contributed by atoms with van der Waals surface area (Å²) in [4.78, 5) is 48.0. The molecule has 0 aromatic heterocycles. The van der Waals surface area contributed by atoms with Crippen LogP contribution < -0.4 is 25.5 Å². The van der Waals surface area contributed by atoms with Crippen molar-refractivity contribution in [3.05, 3.63) is 89.2 Å². The zero-order valence-electron chi connectivity index (χ0n) is 22.4. The maximum absolute atomic E-state index is 13.6. The van der Waals surface area contributed by atoms with Gasteiger partial charge in [0.1, 0.15) is 5.82 Å². The number of carbonyl (C=O) groups excluding carboxylic acids is 4. The summed E-state index contributed by atoms with van der Waals surface area (Å²) in [6, 6.07) is 16.6. The second-order valence-electron chi connectivity index (χ2n) is 8.32. The average molecular weight is 565 g/mol. The molecule has 3 N–H and O–H groups in total. The molecule has 0 saturated carbocycles. The Balaban J connectivity index is 1.44. The molecule has 0 heterocycles. The second kappa shape index (κ2) is 15.4. The van der Waals surface area contributed by atoms with Crippen molar-refractivity contribution >= 4 is 35.6 Å². The Hall–Kier alpha value is -5.26. The zero-order valence-corrected chi connectivity index (χ0v) is 22.4. The van der Waals surface area contributed by atoms with Crippen molar-refractivity contribution in [1.29, 1.82) is 0 Å². The minimum absolute atomic E-state index is 0.000853. The monoisotopic (exact) mass is 564 g/mol. The van der Waals surface area contributed by atoms with Crippen LogP contribution in [0.4, 0.5) is 10.1 Å². The smallest absolute Gasteiger partial charge is 0.338 e. The lowest BCUT2D eigenvalue weighted by Crippen LogP contribution is -2.29. The van der Waals surface area contributed by atoms with Crippen LogP contribution in [0, 0.1) is 5.82 Å². The number of methoxy groups -OCH3 is 1. The number of amides is 3. The van der Waals surface area contributed by atoms with Crippen molar-refractivity contribution in [2.75, 3.05) is 32.2 Å². The van der Waals surface area contributed by atoms with Crippen molar-refractivity contribution < 1.29 is 37.8 Å². The first-order chi connectivity index (χ1) is 19.8. The Morgan fingerprint density at radius 1 is 0.951 bits per heavy atom. The maximum Gasteiger partial charge on any atom is 0.338 e. The molecule has 3 aromatic rings. The number of benzene rings is 3. The largest absolute Gasteiger partial charge is 0.493 e. The molecule has 11 nitrogen and oxygen atoms in total. The molecule has 0 aliphatic heterocycles. The molecule has 0 aliphatic rings. The summed E-state index contributed by atoms with van der Waals surface area (Å²) in [5, 5.41) is 9.03. The van der Waals surface area contributed by atoms with Crippen LogP contribution >= 0.6 is 0 Å². The van der Waals surface area contributed by atoms with E-state index in [4.69, 9.17) is 14.2 Å². The highest BCUT2D eigenvalue weighted by Crippen LogP contribution is 2.27. The summed E-state index contributed by atoms with van der Waals surface area (Å²) in [6.45, 7) is 1.69. The minimum Gasteiger partial charge on any atom is -0.493 e. The minimum atomic E-state index is -0.645. The molecule has 0 atom stereocenters. The maximum atomic E-state index is 13.6. The Morgan fingerprint density at radius 2 is 1.71 bits per heavy atom. The number of esters is 1. The molecule has 3 amide bonds. The summed E-state index contributed by atoms with van der Waals surface area (Å²) in [7, 11) is 1.44. The molecule has 3 aromatic carbocycles. The van der Waals surface area contributed by atoms with Crippen LogP contribution in [0.2, 0.25) is 0 Å². The van der Waals surface area contributed by atoms with Crippen LogP contribution in [0.5, 0.6) is 11.5 Å². The van der Waals surface area contributed by atoms with E-state index in [9.17, 15) is 23.6 Å². The molecule has 0 spiro atoms. The highest BCUT2D eigenvalue weighted by atomic mass is 19.1. The van der Waals surface area contributed by atoms with Crippen LogP contribution in [0.25, 0.3) is 0 Å². The predicted molar refractivity (Wildman–Crippen MR) is 149 cm³/mol. The first-order valence-corrected chi connectivity index (χ1v) is 12.5. The van der Waals surface area contributed by atoms with Crippen LogP contribution in [0.1, 0.15) is 39.6 Å². The van der Waals surface area contributed by atoms with Crippen molar-refractivity contribution in [2.45, 2.75) is 13.3 Å². The van der Waals surface area contributed by atoms with Gasteiger partial charge < -0.3 is 24.8 Å². The number of anilines is 1. The third-order valence-electron chi connectivity index (χ3n) is 5.39. The zero-order chi connectivity index (χ0) is 29.6. The lowest BCUT2D eigenvalue weighted by Gasteiger charge is -2.11. The molecule has 0 bridgehead atoms. The molecule has 0 radical (unpaired) electrons. The highest BCUT2D eigenvalue weighted by molar-refractivity contribution is 5.95. The number of hydrogen-bond acceptors (Lipinski definition) is 8. The number of nitrogens with zero attached hydrogens (tertiary/aromatic N) is 1. The van der Waals surface area contributed by atoms with E-state index < -0.39 is 29.5 Å². The number of carbonyl (C=O) groups is 4. The highest BCUT2D eigenvalue weighted by Gasteiger charge is 2.12. The van der Waals surface area contributed by atoms with Gasteiger partial charge in [-0.15, -0.1) is 0 Å². The number of rotatable bonds is 13. The number of hydrogen-bond donors (Lipinski definition) is 3. The first kappa shape index (κ1) is 30.3. The van der Waals surface area contributed by atoms with Gasteiger partial charge in [-0.3, -0.25) is 14.4 Å². The molecule has 0 aliphatic carbocycles. The third-order valence-corrected chi connectivity index (χ3v) is 5.39. The molecule has 41 heavy (non-hydrogen) atoms. The van der Waals surface area contributed by atoms with Crippen LogP contribution in [0.15, 0.2) is 71.8 Å². The topological polar surface area (TPSA) is 144 Å². The fraction of sp³-hybridized carbons (Fsp3) is 0.207. The number of hydrazone groups is 1. The SMILES string of the molecule is CCOC(=O)c1ccc(NC(=O)COc2ccc(C=NNC(=O)CCNC(=O)c3ccccc3F)cc2OC)cc1. The Morgan fingerprint density at radius 3 is 2.41 bits per heavy atom. The summed E-state index contributed by atoms with van der Waals surface area (Å²) < 4.78 is 29.5. The van der Waals surface area contributed by atoms with Gasteiger partial charge in [0.15, 0.2) is 18.1 Å². The van der Waals surface area contributed by atoms with Gasteiger partial charge in [0.25, 0.3) is 11.8 Å². The summed E-state index contributed by atoms with van der Waals surface area (Å²) in [5.41, 5.74) is 3.68. The van der Waals surface area contributed by atoms with Gasteiger partial charge in [0.2, 0.25) is 5.91 Å². The summed E-state index contributed by atoms with van der Waals surface area (Å²) >= 11 is 0. The third kappa shape index (κ3) is 9.46. The van der Waals surface area contributed by atoms with Crippen molar-refractivity contribution in [3.8, 4) is 11.5 Å². The van der Waals surface area contributed by atoms with Crippen LogP contribution in [0.3, 0.4) is 0 Å². The van der Waals surface area contributed by atoms with E-state index in [0.29, 0.717) is 28.3 Å². The van der Waals surface area contributed by atoms with E-state index in [1.165, 1.54) is 31.5 Å². The van der Waals surface area contributed by atoms with Gasteiger partial charge in [0, 0.05) is 18.7 Å². The van der Waals surface area contributed by atoms with E-state index in [0.717, 1.165) is 0 Å². The van der Waals surface area contributed by atoms with E-state index >= 15 is 0 Å². The van der Waals surface area contributed by atoms with Gasteiger partial charge in [0.05, 0.1) is 31.1 Å². The first-order valence-electron chi connectivity index (χ1n) is 12.5. The van der Waals surface area contributed by atoms with E-state index in [1.54, 1.807) is 55.5 Å². The predicted octanol–water partition coefficient (Wildman–Crippen LogP) is 3.30. The molecule has 0 unspecified atom stereocenters. The van der Waals surface area contributed by atoms with Crippen LogP contribution in [-0.4, -0.2) is 56.8 Å². The number of halogens is 1. The van der Waals surface area contributed by atoms with Gasteiger partial charge in [-0.2, -0.15) is 5.10 Å². The Bertz CT molecular complexity index is 1410. The van der Waals surface area contributed by atoms with Crippen LogP contribution in [-0.2, 0) is 14.3 Å². The van der Waals surface area contributed by atoms with Gasteiger partial charge in [-0.05, 0) is 67.1 Å². The van der Waals surface area contributed by atoms with Gasteiger partial charge in [-0.25, -0.2) is 14.6 Å². The molecule has 12 heteroatoms. The van der Waals surface area contributed by atoms with Gasteiger partial charge >= 0.3 is 5.97 Å². The van der Waals surface area contributed by atoms with Crippen molar-refractivity contribution in [2.24, 2.45) is 5.10 Å². The molecule has 3 rings (SSSR count). The van der Waals surface area contributed by atoms with Gasteiger partial charge in [-0.1, -0.05) is 12.1 Å². The molecule has 214 valence electrons. The van der Waals surface area contributed by atoms with E-state index in [-0.39, 0.29) is 31.7 Å². The quantitative estimate of drug-likeness (QED) is 0.164. The number of ether oxygens (including phenoxy) is 3.